The second-order valence-corrected chi connectivity index (χ2v) is 7.73. The van der Waals surface area contributed by atoms with Crippen LogP contribution in [0.3, 0.4) is 0 Å². The Morgan fingerprint density at radius 1 is 0.500 bits per heavy atom. The molecule has 0 atom stereocenters. The number of amides is 2. The Kier molecular flexibility index (Phi) is 2.36. The fourth-order valence-corrected chi connectivity index (χ4v) is 5.25. The summed E-state index contributed by atoms with van der Waals surface area (Å²) in [5, 5.41) is 14.9. The van der Waals surface area contributed by atoms with E-state index in [1.807, 2.05) is 12.1 Å². The Morgan fingerprint density at radius 3 is 1.32 bits per heavy atom. The third kappa shape index (κ3) is 1.50. The fraction of sp³-hybridized carbons (Fsp3) is 0.0833. The molecule has 0 aliphatic carbocycles. The van der Waals surface area contributed by atoms with E-state index in [9.17, 15) is 9.59 Å². The molecule has 4 heteroatoms. The predicted octanol–water partition coefficient (Wildman–Crippen LogP) is 4.22. The molecule has 5 aromatic carbocycles. The quantitative estimate of drug-likeness (QED) is 0.320. The Hall–Kier alpha value is -3.66. The molecular formula is C24H14N2O2. The van der Waals surface area contributed by atoms with Crippen LogP contribution < -0.4 is 10.6 Å². The van der Waals surface area contributed by atoms with Crippen LogP contribution in [0.2, 0.25) is 0 Å². The summed E-state index contributed by atoms with van der Waals surface area (Å²) in [6.45, 7) is 1.12. The van der Waals surface area contributed by atoms with Gasteiger partial charge in [-0.05, 0) is 55.6 Å². The first-order valence-electron chi connectivity index (χ1n) is 9.47. The second kappa shape index (κ2) is 4.60. The van der Waals surface area contributed by atoms with Crippen molar-refractivity contribution in [3.8, 4) is 0 Å². The molecule has 2 aliphatic heterocycles. The highest BCUT2D eigenvalue weighted by Gasteiger charge is 2.25. The maximum Gasteiger partial charge on any atom is 0.252 e. The third-order valence-electron chi connectivity index (χ3n) is 6.44. The molecule has 28 heavy (non-hydrogen) atoms. The highest BCUT2D eigenvalue weighted by molar-refractivity contribution is 6.36. The molecule has 2 heterocycles. The molecule has 0 saturated carbocycles. The van der Waals surface area contributed by atoms with Crippen molar-refractivity contribution in [2.45, 2.75) is 13.1 Å². The van der Waals surface area contributed by atoms with Gasteiger partial charge < -0.3 is 10.6 Å². The first kappa shape index (κ1) is 14.4. The van der Waals surface area contributed by atoms with E-state index in [0.717, 1.165) is 65.3 Å². The van der Waals surface area contributed by atoms with Gasteiger partial charge in [0.25, 0.3) is 11.8 Å². The van der Waals surface area contributed by atoms with Gasteiger partial charge in [-0.3, -0.25) is 9.59 Å². The van der Waals surface area contributed by atoms with E-state index in [1.165, 1.54) is 0 Å². The summed E-state index contributed by atoms with van der Waals surface area (Å²) in [7, 11) is 0. The fourth-order valence-electron chi connectivity index (χ4n) is 5.25. The van der Waals surface area contributed by atoms with Gasteiger partial charge in [-0.1, -0.05) is 36.4 Å². The number of hydrogen-bond donors (Lipinski definition) is 2. The molecule has 0 fully saturated rings. The minimum Gasteiger partial charge on any atom is -0.348 e. The van der Waals surface area contributed by atoms with Crippen LogP contribution in [0, 0.1) is 0 Å². The summed E-state index contributed by atoms with van der Waals surface area (Å²) in [6.07, 6.45) is 0. The van der Waals surface area contributed by atoms with Gasteiger partial charge in [-0.15, -0.1) is 0 Å². The second-order valence-electron chi connectivity index (χ2n) is 7.73. The predicted molar refractivity (Wildman–Crippen MR) is 110 cm³/mol. The largest absolute Gasteiger partial charge is 0.348 e. The van der Waals surface area contributed by atoms with Gasteiger partial charge in [0.1, 0.15) is 0 Å². The van der Waals surface area contributed by atoms with Crippen molar-refractivity contribution in [3.05, 3.63) is 70.8 Å². The van der Waals surface area contributed by atoms with E-state index in [-0.39, 0.29) is 11.8 Å². The van der Waals surface area contributed by atoms with Crippen LogP contribution >= 0.6 is 0 Å². The van der Waals surface area contributed by atoms with Crippen molar-refractivity contribution in [3.63, 3.8) is 0 Å². The molecule has 0 unspecified atom stereocenters. The number of hydrogen-bond acceptors (Lipinski definition) is 2. The average Bonchev–Trinajstić information content (AvgIpc) is 2.73. The van der Waals surface area contributed by atoms with Crippen LogP contribution in [0.5, 0.6) is 0 Å². The SMILES string of the molecule is O=C1NCc2ccc3c4ccc5c6c(ccc(c7ccc1c2c37)c64)CNC5=O. The van der Waals surface area contributed by atoms with E-state index in [1.54, 1.807) is 0 Å². The number of benzene rings is 5. The maximum absolute atomic E-state index is 12.5. The van der Waals surface area contributed by atoms with Crippen molar-refractivity contribution in [1.82, 2.24) is 10.6 Å². The summed E-state index contributed by atoms with van der Waals surface area (Å²) in [6, 6.07) is 16.6. The monoisotopic (exact) mass is 362 g/mol. The third-order valence-corrected chi connectivity index (χ3v) is 6.44. The number of nitrogens with one attached hydrogen (secondary N) is 2. The molecule has 0 saturated heterocycles. The summed E-state index contributed by atoms with van der Waals surface area (Å²) in [5.41, 5.74) is 3.80. The van der Waals surface area contributed by atoms with Crippen LogP contribution in [-0.4, -0.2) is 11.8 Å². The molecule has 0 aromatic heterocycles. The molecular weight excluding hydrogens is 348 g/mol. The highest BCUT2D eigenvalue weighted by Crippen LogP contribution is 2.44. The van der Waals surface area contributed by atoms with E-state index in [2.05, 4.69) is 47.0 Å². The zero-order valence-electron chi connectivity index (χ0n) is 14.8. The highest BCUT2D eigenvalue weighted by atomic mass is 16.2. The van der Waals surface area contributed by atoms with E-state index in [4.69, 9.17) is 0 Å². The number of rotatable bonds is 0. The molecule has 0 spiro atoms. The van der Waals surface area contributed by atoms with E-state index in [0.29, 0.717) is 13.1 Å². The number of carbonyl (C=O) groups excluding carboxylic acids is 2. The number of carbonyl (C=O) groups is 2. The minimum absolute atomic E-state index is 0.0103. The smallest absolute Gasteiger partial charge is 0.252 e. The molecule has 0 bridgehead atoms. The summed E-state index contributed by atoms with van der Waals surface area (Å²) >= 11 is 0. The first-order valence-corrected chi connectivity index (χ1v) is 9.47. The van der Waals surface area contributed by atoms with Crippen molar-refractivity contribution in [2.24, 2.45) is 0 Å². The Labute approximate surface area is 159 Å². The van der Waals surface area contributed by atoms with Gasteiger partial charge in [0.15, 0.2) is 0 Å². The van der Waals surface area contributed by atoms with Crippen LogP contribution in [-0.2, 0) is 13.1 Å². The summed E-state index contributed by atoms with van der Waals surface area (Å²) in [4.78, 5) is 24.9. The van der Waals surface area contributed by atoms with Crippen LogP contribution in [0.4, 0.5) is 0 Å². The van der Waals surface area contributed by atoms with Crippen molar-refractivity contribution in [2.75, 3.05) is 0 Å². The lowest BCUT2D eigenvalue weighted by Crippen LogP contribution is -2.27. The van der Waals surface area contributed by atoms with Crippen LogP contribution in [0.25, 0.3) is 43.1 Å². The van der Waals surface area contributed by atoms with Gasteiger partial charge >= 0.3 is 0 Å². The molecule has 2 N–H and O–H groups in total. The normalized spacial score (nSPS) is 15.6. The molecule has 5 aromatic rings. The molecule has 7 rings (SSSR count). The lowest BCUT2D eigenvalue weighted by Gasteiger charge is -2.24. The van der Waals surface area contributed by atoms with E-state index < -0.39 is 0 Å². The Bertz CT molecular complexity index is 1410. The zero-order chi connectivity index (χ0) is 18.6. The van der Waals surface area contributed by atoms with E-state index >= 15 is 0 Å². The first-order chi connectivity index (χ1) is 13.7. The molecule has 2 aliphatic rings. The molecule has 132 valence electrons. The molecule has 0 radical (unpaired) electrons. The summed E-state index contributed by atoms with van der Waals surface area (Å²) < 4.78 is 0. The average molecular weight is 362 g/mol. The lowest BCUT2D eigenvalue weighted by atomic mass is 9.83. The topological polar surface area (TPSA) is 58.2 Å². The van der Waals surface area contributed by atoms with Crippen molar-refractivity contribution < 1.29 is 9.59 Å². The lowest BCUT2D eigenvalue weighted by molar-refractivity contribution is 0.0941. The number of fused-ring (bicyclic) bond motifs is 2. The van der Waals surface area contributed by atoms with Crippen molar-refractivity contribution in [1.29, 1.82) is 0 Å². The zero-order valence-corrected chi connectivity index (χ0v) is 14.8. The van der Waals surface area contributed by atoms with Crippen LogP contribution in [0.1, 0.15) is 31.8 Å². The van der Waals surface area contributed by atoms with Gasteiger partial charge in [0, 0.05) is 35.0 Å². The Balaban J connectivity index is 1.82. The van der Waals surface area contributed by atoms with Gasteiger partial charge in [0.05, 0.1) is 0 Å². The molecule has 2 amide bonds. The standard InChI is InChI=1S/C24H14N2O2/c27-23-17-7-6-16-14-4-2-12-10-26-24(28)18-8-5-15(22(14)20(12)18)13-3-1-11(9-25-23)19(17)21(13)16/h1-8H,9-10H2,(H,25,27)(H,26,28). The minimum atomic E-state index is -0.0103. The van der Waals surface area contributed by atoms with Gasteiger partial charge in [0.2, 0.25) is 0 Å². The van der Waals surface area contributed by atoms with Crippen LogP contribution in [0.15, 0.2) is 48.5 Å². The Morgan fingerprint density at radius 2 is 0.893 bits per heavy atom. The molecule has 4 nitrogen and oxygen atoms in total. The van der Waals surface area contributed by atoms with Gasteiger partial charge in [-0.25, -0.2) is 0 Å². The van der Waals surface area contributed by atoms with Crippen molar-refractivity contribution >= 4 is 54.9 Å². The van der Waals surface area contributed by atoms with Gasteiger partial charge in [-0.2, -0.15) is 0 Å². The maximum atomic E-state index is 12.5. The summed E-state index contributed by atoms with van der Waals surface area (Å²) in [5.74, 6) is -0.0205.